The third-order valence-electron chi connectivity index (χ3n) is 7.65. The highest BCUT2D eigenvalue weighted by molar-refractivity contribution is 8.26. The van der Waals surface area contributed by atoms with Crippen molar-refractivity contribution in [1.82, 2.24) is 14.3 Å². The molecule has 0 saturated carbocycles. The number of thiocarbonyl (C=S) groups is 1. The highest BCUT2D eigenvalue weighted by Crippen LogP contribution is 2.34. The summed E-state index contributed by atoms with van der Waals surface area (Å²) in [4.78, 5) is 36.5. The van der Waals surface area contributed by atoms with Gasteiger partial charge in [0, 0.05) is 25.8 Å². The molecule has 0 atom stereocenters. The number of carbonyl (C=O) groups excluding carboxylic acids is 1. The Hall–Kier alpha value is -2.97. The summed E-state index contributed by atoms with van der Waals surface area (Å²) in [6.07, 6.45) is 11.0. The van der Waals surface area contributed by atoms with Crippen LogP contribution in [-0.2, 0) is 11.2 Å². The Kier molecular flexibility index (Phi) is 8.82. The Bertz CT molecular complexity index is 1440. The predicted molar refractivity (Wildman–Crippen MR) is 165 cm³/mol. The van der Waals surface area contributed by atoms with Crippen molar-refractivity contribution in [1.29, 1.82) is 0 Å². The molecule has 39 heavy (non-hydrogen) atoms. The fraction of sp³-hybridized carbons (Fsp3) is 0.419. The Morgan fingerprint density at radius 2 is 1.82 bits per heavy atom. The van der Waals surface area contributed by atoms with E-state index in [9.17, 15) is 9.59 Å². The molecule has 2 aliphatic rings. The summed E-state index contributed by atoms with van der Waals surface area (Å²) >= 11 is 6.85. The predicted octanol–water partition coefficient (Wildman–Crippen LogP) is 6.24. The number of nitrogens with zero attached hydrogens (tertiary/aromatic N) is 4. The van der Waals surface area contributed by atoms with E-state index < -0.39 is 0 Å². The maximum atomic E-state index is 13.8. The van der Waals surface area contributed by atoms with Gasteiger partial charge < -0.3 is 4.90 Å². The van der Waals surface area contributed by atoms with E-state index in [1.165, 1.54) is 17.3 Å². The van der Waals surface area contributed by atoms with E-state index >= 15 is 0 Å². The van der Waals surface area contributed by atoms with Gasteiger partial charge in [-0.15, -0.1) is 0 Å². The van der Waals surface area contributed by atoms with Crippen molar-refractivity contribution in [3.63, 3.8) is 0 Å². The number of carbonyl (C=O) groups is 1. The van der Waals surface area contributed by atoms with Crippen molar-refractivity contribution in [2.24, 2.45) is 5.92 Å². The molecular weight excluding hydrogens is 525 g/mol. The number of hydrogen-bond donors (Lipinski definition) is 0. The number of pyridine rings is 1. The van der Waals surface area contributed by atoms with Gasteiger partial charge in [0.1, 0.15) is 15.8 Å². The number of hydrogen-bond acceptors (Lipinski definition) is 6. The van der Waals surface area contributed by atoms with Gasteiger partial charge in [-0.25, -0.2) is 4.98 Å². The van der Waals surface area contributed by atoms with Crippen molar-refractivity contribution in [3.05, 3.63) is 80.6 Å². The van der Waals surface area contributed by atoms with Crippen LogP contribution >= 0.6 is 24.0 Å². The second-order valence-corrected chi connectivity index (χ2v) is 12.3. The van der Waals surface area contributed by atoms with Gasteiger partial charge in [-0.3, -0.25) is 18.9 Å². The van der Waals surface area contributed by atoms with Crippen LogP contribution < -0.4 is 10.5 Å². The lowest BCUT2D eigenvalue weighted by atomic mass is 9.90. The van der Waals surface area contributed by atoms with Gasteiger partial charge in [0.2, 0.25) is 0 Å². The van der Waals surface area contributed by atoms with Crippen LogP contribution in [0.1, 0.15) is 62.1 Å². The number of piperidine rings is 1. The first-order valence-electron chi connectivity index (χ1n) is 14.0. The standard InChI is InChI=1S/C31H36N4O2S2/c1-3-4-5-9-16-34-30(37)26(39-31(34)38)20-25-28(32-27-13-12-22(2)21-35(27)29(25)36)33-17-14-24(15-18-33)19-23-10-7-6-8-11-23/h6-8,10-13,20-21,24H,3-5,9,14-19H2,1-2H3/b26-20-. The Balaban J connectivity index is 1.43. The van der Waals surface area contributed by atoms with Gasteiger partial charge in [-0.05, 0) is 61.8 Å². The number of amides is 1. The minimum atomic E-state index is -0.154. The van der Waals surface area contributed by atoms with E-state index in [0.29, 0.717) is 38.7 Å². The topological polar surface area (TPSA) is 57.9 Å². The zero-order valence-corrected chi connectivity index (χ0v) is 24.4. The number of rotatable bonds is 9. The van der Waals surface area contributed by atoms with E-state index in [1.807, 2.05) is 25.3 Å². The molecule has 0 aliphatic carbocycles. The average Bonchev–Trinajstić information content (AvgIpc) is 3.21. The fourth-order valence-electron chi connectivity index (χ4n) is 5.43. The number of benzene rings is 1. The number of fused-ring (bicyclic) bond motifs is 1. The molecule has 1 amide bonds. The van der Waals surface area contributed by atoms with Crippen LogP contribution in [0.4, 0.5) is 5.82 Å². The van der Waals surface area contributed by atoms with Gasteiger partial charge >= 0.3 is 0 Å². The van der Waals surface area contributed by atoms with Crippen molar-refractivity contribution in [3.8, 4) is 0 Å². The van der Waals surface area contributed by atoms with Crippen LogP contribution in [0.2, 0.25) is 0 Å². The third-order valence-corrected chi connectivity index (χ3v) is 9.03. The average molecular weight is 561 g/mol. The highest BCUT2D eigenvalue weighted by atomic mass is 32.2. The smallest absolute Gasteiger partial charge is 0.267 e. The molecular formula is C31H36N4O2S2. The number of thioether (sulfide) groups is 1. The van der Waals surface area contributed by atoms with E-state index in [4.69, 9.17) is 17.2 Å². The SMILES string of the molecule is CCCCCCN1C(=O)/C(=C/c2c(N3CCC(Cc4ccccc4)CC3)nc3ccc(C)cn3c2=O)SC1=S. The van der Waals surface area contributed by atoms with Crippen LogP contribution in [0.3, 0.4) is 0 Å². The van der Waals surface area contributed by atoms with Gasteiger partial charge in [0.25, 0.3) is 11.5 Å². The third kappa shape index (κ3) is 6.28. The van der Waals surface area contributed by atoms with E-state index in [1.54, 1.807) is 15.4 Å². The normalized spacial score (nSPS) is 17.6. The van der Waals surface area contributed by atoms with E-state index in [0.717, 1.165) is 63.6 Å². The highest BCUT2D eigenvalue weighted by Gasteiger charge is 2.33. The molecule has 6 nitrogen and oxygen atoms in total. The number of anilines is 1. The lowest BCUT2D eigenvalue weighted by molar-refractivity contribution is -0.122. The molecule has 5 rings (SSSR count). The summed E-state index contributed by atoms with van der Waals surface area (Å²) in [6, 6.07) is 14.5. The van der Waals surface area contributed by atoms with Crippen LogP contribution in [0.15, 0.2) is 58.4 Å². The first-order valence-corrected chi connectivity index (χ1v) is 15.2. The van der Waals surface area contributed by atoms with Gasteiger partial charge in [0.05, 0.1) is 10.5 Å². The van der Waals surface area contributed by atoms with Crippen LogP contribution in [-0.4, -0.2) is 44.1 Å². The zero-order valence-electron chi connectivity index (χ0n) is 22.8. The van der Waals surface area contributed by atoms with E-state index in [-0.39, 0.29) is 11.5 Å². The summed E-state index contributed by atoms with van der Waals surface area (Å²) in [5, 5.41) is 0. The van der Waals surface area contributed by atoms with Crippen molar-refractivity contribution in [2.45, 2.75) is 58.8 Å². The summed E-state index contributed by atoms with van der Waals surface area (Å²) < 4.78 is 2.16. The van der Waals surface area contributed by atoms with Crippen molar-refractivity contribution < 1.29 is 4.79 Å². The zero-order chi connectivity index (χ0) is 27.4. The first-order chi connectivity index (χ1) is 18.9. The lowest BCUT2D eigenvalue weighted by Crippen LogP contribution is -2.37. The molecule has 2 saturated heterocycles. The maximum Gasteiger partial charge on any atom is 0.267 e. The largest absolute Gasteiger partial charge is 0.356 e. The van der Waals surface area contributed by atoms with Crippen molar-refractivity contribution >= 4 is 51.7 Å². The number of aromatic nitrogens is 2. The first kappa shape index (κ1) is 27.6. The molecule has 0 radical (unpaired) electrons. The fourth-order valence-corrected chi connectivity index (χ4v) is 6.72. The molecule has 8 heteroatoms. The molecule has 4 heterocycles. The van der Waals surface area contributed by atoms with Crippen LogP contribution in [0.5, 0.6) is 0 Å². The molecule has 2 fully saturated rings. The number of aryl methyl sites for hydroxylation is 1. The van der Waals surface area contributed by atoms with E-state index in [2.05, 4.69) is 42.2 Å². The summed E-state index contributed by atoms with van der Waals surface area (Å²) in [5.74, 6) is 1.15. The van der Waals surface area contributed by atoms with Gasteiger partial charge in [-0.2, -0.15) is 0 Å². The van der Waals surface area contributed by atoms with Gasteiger partial charge in [-0.1, -0.05) is 86.6 Å². The molecule has 0 spiro atoms. The van der Waals surface area contributed by atoms with Gasteiger partial charge in [0.15, 0.2) is 0 Å². The molecule has 0 N–H and O–H groups in total. The monoisotopic (exact) mass is 560 g/mol. The molecule has 0 bridgehead atoms. The number of unbranched alkanes of at least 4 members (excludes halogenated alkanes) is 3. The quantitative estimate of drug-likeness (QED) is 0.175. The molecule has 0 unspecified atom stereocenters. The molecule has 3 aromatic rings. The second kappa shape index (κ2) is 12.5. The van der Waals surface area contributed by atoms with Crippen molar-refractivity contribution in [2.75, 3.05) is 24.5 Å². The molecule has 2 aliphatic heterocycles. The Morgan fingerprint density at radius 1 is 1.05 bits per heavy atom. The minimum Gasteiger partial charge on any atom is -0.356 e. The molecule has 204 valence electrons. The molecule has 2 aromatic heterocycles. The molecule has 1 aromatic carbocycles. The maximum absolute atomic E-state index is 13.8. The summed E-state index contributed by atoms with van der Waals surface area (Å²) in [5.41, 5.74) is 3.27. The minimum absolute atomic E-state index is 0.109. The summed E-state index contributed by atoms with van der Waals surface area (Å²) in [6.45, 7) is 6.40. The summed E-state index contributed by atoms with van der Waals surface area (Å²) in [7, 11) is 0. The van der Waals surface area contributed by atoms with Crippen LogP contribution in [0, 0.1) is 12.8 Å². The van der Waals surface area contributed by atoms with Crippen LogP contribution in [0.25, 0.3) is 11.7 Å². The Labute approximate surface area is 240 Å². The second-order valence-electron chi connectivity index (χ2n) is 10.6. The lowest BCUT2D eigenvalue weighted by Gasteiger charge is -2.33. The Morgan fingerprint density at radius 3 is 2.56 bits per heavy atom.